The lowest BCUT2D eigenvalue weighted by Crippen LogP contribution is -2.24. The van der Waals surface area contributed by atoms with E-state index in [-0.39, 0.29) is 40.5 Å². The first-order valence-corrected chi connectivity index (χ1v) is 13.6. The molecule has 0 unspecified atom stereocenters. The van der Waals surface area contributed by atoms with Gasteiger partial charge in [0.25, 0.3) is 11.8 Å². The van der Waals surface area contributed by atoms with Gasteiger partial charge in [-0.15, -0.1) is 0 Å². The lowest BCUT2D eigenvalue weighted by Gasteiger charge is -2.13. The SMILES string of the molecule is CC(C)c1ncc(Br)c(C(=O)O)n1.CNC(=O)c1c(NC(=O)c2nc(C(C)C)ncc2Nc2cccnc2)cnn1C. The Morgan fingerprint density at radius 1 is 0.905 bits per heavy atom. The molecule has 4 heterocycles. The van der Waals surface area contributed by atoms with Gasteiger partial charge in [0.05, 0.1) is 40.1 Å². The fourth-order valence-electron chi connectivity index (χ4n) is 3.44. The number of aromatic carboxylic acids is 1. The van der Waals surface area contributed by atoms with Crippen molar-refractivity contribution in [3.05, 3.63) is 76.3 Å². The van der Waals surface area contributed by atoms with Crippen LogP contribution in [0, 0.1) is 0 Å². The van der Waals surface area contributed by atoms with Crippen LogP contribution in [0.2, 0.25) is 0 Å². The van der Waals surface area contributed by atoms with Gasteiger partial charge in [0.15, 0.2) is 11.4 Å². The Bertz CT molecular complexity index is 1570. The highest BCUT2D eigenvalue weighted by atomic mass is 79.9. The van der Waals surface area contributed by atoms with Crippen LogP contribution in [0.3, 0.4) is 0 Å². The number of hydrogen-bond donors (Lipinski definition) is 4. The zero-order chi connectivity index (χ0) is 31.0. The first-order valence-electron chi connectivity index (χ1n) is 12.8. The van der Waals surface area contributed by atoms with E-state index < -0.39 is 11.9 Å². The van der Waals surface area contributed by atoms with Gasteiger partial charge in [-0.3, -0.25) is 19.3 Å². The van der Waals surface area contributed by atoms with E-state index in [1.807, 2.05) is 33.8 Å². The highest BCUT2D eigenvalue weighted by Crippen LogP contribution is 2.23. The number of amides is 2. The van der Waals surface area contributed by atoms with Crippen molar-refractivity contribution < 1.29 is 19.5 Å². The average molecular weight is 640 g/mol. The second-order valence-electron chi connectivity index (χ2n) is 9.46. The molecule has 0 atom stereocenters. The predicted octanol–water partition coefficient (Wildman–Crippen LogP) is 4.14. The molecule has 0 bridgehead atoms. The van der Waals surface area contributed by atoms with Gasteiger partial charge in [0.2, 0.25) is 0 Å². The van der Waals surface area contributed by atoms with E-state index in [1.54, 1.807) is 31.7 Å². The lowest BCUT2D eigenvalue weighted by molar-refractivity contribution is 0.0688. The van der Waals surface area contributed by atoms with Crippen LogP contribution >= 0.6 is 15.9 Å². The molecule has 42 heavy (non-hydrogen) atoms. The number of nitrogens with one attached hydrogen (secondary N) is 3. The number of halogens is 1. The van der Waals surface area contributed by atoms with Gasteiger partial charge in [0, 0.05) is 38.3 Å². The van der Waals surface area contributed by atoms with Crippen molar-refractivity contribution in [3.8, 4) is 0 Å². The highest BCUT2D eigenvalue weighted by molar-refractivity contribution is 9.10. The molecule has 0 saturated carbocycles. The molecule has 0 aliphatic heterocycles. The Kier molecular flexibility index (Phi) is 10.7. The second kappa shape index (κ2) is 14.2. The number of carboxylic acids is 1. The van der Waals surface area contributed by atoms with Crippen LogP contribution in [0.15, 0.2) is 47.6 Å². The van der Waals surface area contributed by atoms with Crippen molar-refractivity contribution in [2.75, 3.05) is 17.7 Å². The van der Waals surface area contributed by atoms with Crippen molar-refractivity contribution in [3.63, 3.8) is 0 Å². The predicted molar refractivity (Wildman–Crippen MR) is 159 cm³/mol. The molecule has 15 heteroatoms. The summed E-state index contributed by atoms with van der Waals surface area (Å²) in [6, 6.07) is 3.59. The molecule has 0 fully saturated rings. The fourth-order valence-corrected chi connectivity index (χ4v) is 3.80. The summed E-state index contributed by atoms with van der Waals surface area (Å²) in [5.41, 5.74) is 1.80. The highest BCUT2D eigenvalue weighted by Gasteiger charge is 2.22. The molecule has 0 aliphatic rings. The maximum atomic E-state index is 13.0. The largest absolute Gasteiger partial charge is 0.476 e. The molecular weight excluding hydrogens is 608 g/mol. The van der Waals surface area contributed by atoms with Crippen molar-refractivity contribution in [1.29, 1.82) is 0 Å². The number of pyridine rings is 1. The number of nitrogens with zero attached hydrogens (tertiary/aromatic N) is 7. The third-order valence-electron chi connectivity index (χ3n) is 5.59. The van der Waals surface area contributed by atoms with Gasteiger partial charge >= 0.3 is 5.97 Å². The van der Waals surface area contributed by atoms with Crippen molar-refractivity contribution in [2.24, 2.45) is 7.05 Å². The molecule has 0 saturated heterocycles. The average Bonchev–Trinajstić information content (AvgIpc) is 3.32. The number of aromatic nitrogens is 7. The Balaban J connectivity index is 0.000000312. The monoisotopic (exact) mass is 638 g/mol. The topological polar surface area (TPSA) is 190 Å². The van der Waals surface area contributed by atoms with Crippen LogP contribution in [0.1, 0.15) is 82.6 Å². The zero-order valence-corrected chi connectivity index (χ0v) is 25.5. The van der Waals surface area contributed by atoms with Gasteiger partial charge in [-0.05, 0) is 28.1 Å². The van der Waals surface area contributed by atoms with Gasteiger partial charge in [-0.1, -0.05) is 27.7 Å². The van der Waals surface area contributed by atoms with Crippen LogP contribution in [-0.2, 0) is 7.05 Å². The van der Waals surface area contributed by atoms with E-state index in [4.69, 9.17) is 5.11 Å². The molecule has 2 amide bonds. The quantitative estimate of drug-likeness (QED) is 0.217. The van der Waals surface area contributed by atoms with E-state index >= 15 is 0 Å². The third-order valence-corrected chi connectivity index (χ3v) is 6.17. The zero-order valence-electron chi connectivity index (χ0n) is 23.9. The Hall–Kier alpha value is -4.79. The van der Waals surface area contributed by atoms with Crippen LogP contribution in [0.25, 0.3) is 0 Å². The van der Waals surface area contributed by atoms with E-state index in [2.05, 4.69) is 61.9 Å². The smallest absolute Gasteiger partial charge is 0.355 e. The van der Waals surface area contributed by atoms with E-state index in [1.165, 1.54) is 24.1 Å². The summed E-state index contributed by atoms with van der Waals surface area (Å²) in [4.78, 5) is 56.6. The number of carboxylic acid groups (broad SMARTS) is 1. The number of hydrogen-bond acceptors (Lipinski definition) is 10. The maximum Gasteiger partial charge on any atom is 0.355 e. The summed E-state index contributed by atoms with van der Waals surface area (Å²) >= 11 is 3.07. The summed E-state index contributed by atoms with van der Waals surface area (Å²) in [5.74, 6) is -0.653. The molecule has 0 spiro atoms. The lowest BCUT2D eigenvalue weighted by atomic mass is 10.2. The minimum Gasteiger partial charge on any atom is -0.476 e. The maximum absolute atomic E-state index is 13.0. The molecule has 4 aromatic heterocycles. The van der Waals surface area contributed by atoms with Crippen LogP contribution in [0.4, 0.5) is 17.1 Å². The number of rotatable bonds is 8. The normalized spacial score (nSPS) is 10.6. The number of carbonyl (C=O) groups is 3. The standard InChI is InChI=1S/C19H22N8O2.C8H9BrN2O2/c1-11(2)17-22-9-13(24-12-6-5-7-21-8-12)15(26-17)18(28)25-14-10-23-27(4)16(14)19(29)20-3;1-4(2)7-10-3-5(9)6(11-7)8(12)13/h5-11,24H,1-4H3,(H,20,29)(H,25,28);3-4H,1-2H3,(H,12,13). The summed E-state index contributed by atoms with van der Waals surface area (Å²) < 4.78 is 1.80. The minimum atomic E-state index is -1.05. The number of anilines is 3. The van der Waals surface area contributed by atoms with Crippen LogP contribution < -0.4 is 16.0 Å². The fraction of sp³-hybridized carbons (Fsp3) is 0.296. The molecule has 4 aromatic rings. The van der Waals surface area contributed by atoms with Gasteiger partial charge in [-0.25, -0.2) is 24.7 Å². The molecular formula is C27H31BrN10O4. The molecule has 4 rings (SSSR count). The Morgan fingerprint density at radius 2 is 1.55 bits per heavy atom. The van der Waals surface area contributed by atoms with Crippen molar-refractivity contribution in [2.45, 2.75) is 39.5 Å². The Morgan fingerprint density at radius 3 is 2.12 bits per heavy atom. The summed E-state index contributed by atoms with van der Waals surface area (Å²) in [7, 11) is 3.13. The molecule has 4 N–H and O–H groups in total. The molecule has 0 radical (unpaired) electrons. The number of aryl methyl sites for hydroxylation is 1. The van der Waals surface area contributed by atoms with Crippen molar-refractivity contribution >= 4 is 50.8 Å². The van der Waals surface area contributed by atoms with Crippen LogP contribution in [-0.4, -0.2) is 64.6 Å². The molecule has 14 nitrogen and oxygen atoms in total. The van der Waals surface area contributed by atoms with Gasteiger partial charge < -0.3 is 21.1 Å². The first-order chi connectivity index (χ1) is 19.9. The van der Waals surface area contributed by atoms with Gasteiger partial charge in [0.1, 0.15) is 17.3 Å². The molecule has 0 aromatic carbocycles. The van der Waals surface area contributed by atoms with E-state index in [0.717, 1.165) is 0 Å². The summed E-state index contributed by atoms with van der Waals surface area (Å²) in [5, 5.41) is 21.2. The summed E-state index contributed by atoms with van der Waals surface area (Å²) in [6.45, 7) is 7.70. The Labute approximate surface area is 250 Å². The van der Waals surface area contributed by atoms with Crippen molar-refractivity contribution in [1.82, 2.24) is 40.0 Å². The second-order valence-corrected chi connectivity index (χ2v) is 10.3. The van der Waals surface area contributed by atoms with Gasteiger partial charge in [-0.2, -0.15) is 5.10 Å². The summed E-state index contributed by atoms with van der Waals surface area (Å²) in [6.07, 6.45) is 7.73. The van der Waals surface area contributed by atoms with Crippen LogP contribution in [0.5, 0.6) is 0 Å². The molecule has 220 valence electrons. The minimum absolute atomic E-state index is 0.0127. The third kappa shape index (κ3) is 7.90. The first kappa shape index (κ1) is 31.7. The molecule has 0 aliphatic carbocycles. The number of carbonyl (C=O) groups excluding carboxylic acids is 2. The van der Waals surface area contributed by atoms with E-state index in [9.17, 15) is 14.4 Å². The van der Waals surface area contributed by atoms with E-state index in [0.29, 0.717) is 27.5 Å².